The largest absolute Gasteiger partial charge is 0.364 e. The molecule has 66 valence electrons. The average Bonchev–Trinajstić information content (AvgIpc) is 2.04. The molecule has 1 rings (SSSR count). The average molecular weight is 168 g/mol. The van der Waals surface area contributed by atoms with E-state index in [0.29, 0.717) is 11.4 Å². The highest BCUT2D eigenvalue weighted by Crippen LogP contribution is 2.10. The zero-order valence-corrected chi connectivity index (χ0v) is 7.10. The van der Waals surface area contributed by atoms with Gasteiger partial charge in [-0.3, -0.25) is 0 Å². The van der Waals surface area contributed by atoms with Gasteiger partial charge in [0.25, 0.3) is 0 Å². The van der Waals surface area contributed by atoms with Crippen molar-refractivity contribution in [2.75, 3.05) is 0 Å². The van der Waals surface area contributed by atoms with Crippen LogP contribution >= 0.6 is 0 Å². The minimum atomic E-state index is -1.48. The summed E-state index contributed by atoms with van der Waals surface area (Å²) in [4.78, 5) is 7.94. The highest BCUT2D eigenvalue weighted by atomic mass is 16.5. The van der Waals surface area contributed by atoms with Gasteiger partial charge in [-0.15, -0.1) is 0 Å². The smallest absolute Gasteiger partial charge is 0.181 e. The lowest BCUT2D eigenvalue weighted by Gasteiger charge is -2.05. The summed E-state index contributed by atoms with van der Waals surface area (Å²) in [6.07, 6.45) is 1.37. The Morgan fingerprint density at radius 1 is 1.17 bits per heavy atom. The van der Waals surface area contributed by atoms with Gasteiger partial charge in [0.2, 0.25) is 0 Å². The van der Waals surface area contributed by atoms with Crippen LogP contribution in [-0.2, 0) is 0 Å². The molecule has 4 nitrogen and oxygen atoms in total. The molecule has 4 heteroatoms. The van der Waals surface area contributed by atoms with Gasteiger partial charge >= 0.3 is 0 Å². The van der Waals surface area contributed by atoms with Crippen LogP contribution in [0.2, 0.25) is 0 Å². The van der Waals surface area contributed by atoms with E-state index in [9.17, 15) is 0 Å². The molecule has 2 N–H and O–H groups in total. The van der Waals surface area contributed by atoms with E-state index in [4.69, 9.17) is 10.2 Å². The van der Waals surface area contributed by atoms with Crippen molar-refractivity contribution in [2.24, 2.45) is 0 Å². The lowest BCUT2D eigenvalue weighted by atomic mass is 10.2. The van der Waals surface area contributed by atoms with Gasteiger partial charge in [0, 0.05) is 23.9 Å². The summed E-state index contributed by atoms with van der Waals surface area (Å²) < 4.78 is 0. The molecule has 0 saturated carbocycles. The van der Waals surface area contributed by atoms with Crippen LogP contribution in [0.1, 0.15) is 37.4 Å². The summed E-state index contributed by atoms with van der Waals surface area (Å²) >= 11 is 0. The van der Waals surface area contributed by atoms with Crippen molar-refractivity contribution in [3.05, 3.63) is 23.8 Å². The van der Waals surface area contributed by atoms with E-state index in [-0.39, 0.29) is 5.92 Å². The normalized spacial score (nSPS) is 11.2. The maximum Gasteiger partial charge on any atom is 0.181 e. The summed E-state index contributed by atoms with van der Waals surface area (Å²) in [5.41, 5.74) is 0.319. The molecule has 1 aromatic rings. The first-order valence-corrected chi connectivity index (χ1v) is 3.79. The molecule has 1 heterocycles. The molecule has 0 atom stereocenters. The Morgan fingerprint density at radius 2 is 1.67 bits per heavy atom. The van der Waals surface area contributed by atoms with Crippen molar-refractivity contribution in [1.29, 1.82) is 0 Å². The fourth-order valence-electron chi connectivity index (χ4n) is 0.779. The molecular weight excluding hydrogens is 156 g/mol. The van der Waals surface area contributed by atoms with Crippen molar-refractivity contribution in [2.45, 2.75) is 26.1 Å². The Balaban J connectivity index is 2.86. The van der Waals surface area contributed by atoms with Gasteiger partial charge in [-0.05, 0) is 0 Å². The van der Waals surface area contributed by atoms with Gasteiger partial charge in [0.05, 0.1) is 0 Å². The number of aliphatic hydroxyl groups is 2. The number of hydrogen-bond acceptors (Lipinski definition) is 4. The molecule has 0 aliphatic carbocycles. The Hall–Kier alpha value is -1.00. The van der Waals surface area contributed by atoms with E-state index in [1.54, 1.807) is 0 Å². The first-order valence-electron chi connectivity index (χ1n) is 3.79. The minimum absolute atomic E-state index is 0.259. The maximum atomic E-state index is 8.73. The van der Waals surface area contributed by atoms with Gasteiger partial charge in [-0.2, -0.15) is 0 Å². The van der Waals surface area contributed by atoms with Crippen molar-refractivity contribution in [3.8, 4) is 0 Å². The van der Waals surface area contributed by atoms with Crippen LogP contribution in [0.3, 0.4) is 0 Å². The second-order valence-corrected chi connectivity index (χ2v) is 2.90. The third kappa shape index (κ3) is 1.99. The highest BCUT2D eigenvalue weighted by molar-refractivity contribution is 5.07. The standard InChI is InChI=1S/C8H12N2O2/c1-5(2)7-9-3-6(4-10-7)8(11)12/h3-5,8,11-12H,1-2H3. The van der Waals surface area contributed by atoms with E-state index in [1.165, 1.54) is 12.4 Å². The van der Waals surface area contributed by atoms with Crippen LogP contribution in [0.15, 0.2) is 12.4 Å². The lowest BCUT2D eigenvalue weighted by molar-refractivity contribution is -0.0430. The van der Waals surface area contributed by atoms with Crippen molar-refractivity contribution in [3.63, 3.8) is 0 Å². The Bertz CT molecular complexity index is 217. The minimum Gasteiger partial charge on any atom is -0.364 e. The van der Waals surface area contributed by atoms with Crippen molar-refractivity contribution >= 4 is 0 Å². The van der Waals surface area contributed by atoms with Gasteiger partial charge in [-0.25, -0.2) is 9.97 Å². The maximum absolute atomic E-state index is 8.73. The molecule has 12 heavy (non-hydrogen) atoms. The molecule has 1 aromatic heterocycles. The number of aromatic nitrogens is 2. The highest BCUT2D eigenvalue weighted by Gasteiger charge is 2.05. The molecule has 0 aliphatic rings. The summed E-state index contributed by atoms with van der Waals surface area (Å²) in [7, 11) is 0. The van der Waals surface area contributed by atoms with Crippen LogP contribution < -0.4 is 0 Å². The summed E-state index contributed by atoms with van der Waals surface area (Å²) in [5.74, 6) is 0.967. The summed E-state index contributed by atoms with van der Waals surface area (Å²) in [6.45, 7) is 3.95. The van der Waals surface area contributed by atoms with E-state index >= 15 is 0 Å². The number of rotatable bonds is 2. The number of nitrogens with zero attached hydrogens (tertiary/aromatic N) is 2. The molecule has 0 aliphatic heterocycles. The van der Waals surface area contributed by atoms with Crippen LogP contribution in [0.5, 0.6) is 0 Å². The van der Waals surface area contributed by atoms with Crippen LogP contribution in [0.4, 0.5) is 0 Å². The lowest BCUT2D eigenvalue weighted by Crippen LogP contribution is -2.01. The topological polar surface area (TPSA) is 66.2 Å². The van der Waals surface area contributed by atoms with Crippen LogP contribution in [0, 0.1) is 0 Å². The predicted octanol–water partition coefficient (Wildman–Crippen LogP) is 0.583. The molecule has 0 saturated heterocycles. The Labute approximate surface area is 70.9 Å². The fraction of sp³-hybridized carbons (Fsp3) is 0.500. The molecule has 0 radical (unpaired) electrons. The van der Waals surface area contributed by atoms with Crippen LogP contribution in [0.25, 0.3) is 0 Å². The molecular formula is C8H12N2O2. The third-order valence-corrected chi connectivity index (χ3v) is 1.51. The van der Waals surface area contributed by atoms with E-state index in [1.807, 2.05) is 13.8 Å². The predicted molar refractivity (Wildman–Crippen MR) is 43.3 cm³/mol. The fourth-order valence-corrected chi connectivity index (χ4v) is 0.779. The van der Waals surface area contributed by atoms with Gasteiger partial charge in [0.15, 0.2) is 6.29 Å². The first kappa shape index (κ1) is 9.09. The van der Waals surface area contributed by atoms with E-state index in [2.05, 4.69) is 9.97 Å². The molecule has 0 unspecified atom stereocenters. The third-order valence-electron chi connectivity index (χ3n) is 1.51. The van der Waals surface area contributed by atoms with E-state index in [0.717, 1.165) is 0 Å². The Kier molecular flexibility index (Phi) is 2.73. The Morgan fingerprint density at radius 3 is 2.00 bits per heavy atom. The molecule has 0 bridgehead atoms. The summed E-state index contributed by atoms with van der Waals surface area (Å²) in [5, 5.41) is 17.5. The van der Waals surface area contributed by atoms with Crippen molar-refractivity contribution < 1.29 is 10.2 Å². The molecule has 0 aromatic carbocycles. The number of aliphatic hydroxyl groups excluding tert-OH is 1. The van der Waals surface area contributed by atoms with Crippen molar-refractivity contribution in [1.82, 2.24) is 9.97 Å². The SMILES string of the molecule is CC(C)c1ncc(C(O)O)cn1. The van der Waals surface area contributed by atoms with Gasteiger partial charge < -0.3 is 10.2 Å². The molecule has 0 fully saturated rings. The zero-order chi connectivity index (χ0) is 9.14. The quantitative estimate of drug-likeness (QED) is 0.634. The zero-order valence-electron chi connectivity index (χ0n) is 7.10. The molecule has 0 spiro atoms. The van der Waals surface area contributed by atoms with Gasteiger partial charge in [-0.1, -0.05) is 13.8 Å². The van der Waals surface area contributed by atoms with Crippen LogP contribution in [-0.4, -0.2) is 20.2 Å². The second kappa shape index (κ2) is 3.60. The monoisotopic (exact) mass is 168 g/mol. The second-order valence-electron chi connectivity index (χ2n) is 2.90. The summed E-state index contributed by atoms with van der Waals surface area (Å²) in [6, 6.07) is 0. The van der Waals surface area contributed by atoms with E-state index < -0.39 is 6.29 Å². The first-order chi connectivity index (χ1) is 5.61. The number of hydrogen-bond donors (Lipinski definition) is 2. The molecule has 0 amide bonds. The van der Waals surface area contributed by atoms with Gasteiger partial charge in [0.1, 0.15) is 5.82 Å².